The Labute approximate surface area is 179 Å². The largest absolute Gasteiger partial charge is 0.481 e. The fraction of sp³-hybridized carbons (Fsp3) is 0.875. The van der Waals surface area contributed by atoms with Crippen molar-refractivity contribution in [1.82, 2.24) is 0 Å². The van der Waals surface area contributed by atoms with Crippen molar-refractivity contribution in [1.29, 1.82) is 0 Å². The summed E-state index contributed by atoms with van der Waals surface area (Å²) in [6, 6.07) is 0. The van der Waals surface area contributed by atoms with Crippen LogP contribution in [0.3, 0.4) is 0 Å². The fourth-order valence-corrected chi connectivity index (χ4v) is 8.71. The molecule has 0 aromatic heterocycles. The van der Waals surface area contributed by atoms with Gasteiger partial charge >= 0.3 is 17.9 Å². The summed E-state index contributed by atoms with van der Waals surface area (Å²) in [5.74, 6) is -1.09. The monoisotopic (exact) mass is 420 g/mol. The molecule has 4 rings (SSSR count). The van der Waals surface area contributed by atoms with Gasteiger partial charge in [-0.3, -0.25) is 14.4 Å². The van der Waals surface area contributed by atoms with Crippen LogP contribution in [0.1, 0.15) is 79.6 Å². The van der Waals surface area contributed by atoms with E-state index in [-0.39, 0.29) is 47.3 Å². The van der Waals surface area contributed by atoms with Gasteiger partial charge in [-0.2, -0.15) is 0 Å². The Kier molecular flexibility index (Phi) is 4.83. The van der Waals surface area contributed by atoms with Gasteiger partial charge < -0.3 is 14.6 Å². The Morgan fingerprint density at radius 1 is 1.03 bits per heavy atom. The molecule has 7 atom stereocenters. The number of aliphatic carboxylic acids is 1. The molecule has 4 aliphatic rings. The number of hydrogen-bond donors (Lipinski definition) is 1. The molecule has 30 heavy (non-hydrogen) atoms. The van der Waals surface area contributed by atoms with Crippen LogP contribution in [0.5, 0.6) is 0 Å². The first-order valence-corrected chi connectivity index (χ1v) is 11.4. The summed E-state index contributed by atoms with van der Waals surface area (Å²) in [7, 11) is 0. The van der Waals surface area contributed by atoms with Gasteiger partial charge in [-0.1, -0.05) is 27.7 Å². The van der Waals surface area contributed by atoms with Crippen LogP contribution < -0.4 is 0 Å². The van der Waals surface area contributed by atoms with Crippen LogP contribution >= 0.6 is 0 Å². The van der Waals surface area contributed by atoms with Gasteiger partial charge in [0.25, 0.3) is 0 Å². The Balaban J connectivity index is 1.74. The van der Waals surface area contributed by atoms with Crippen molar-refractivity contribution in [2.75, 3.05) is 6.61 Å². The van der Waals surface area contributed by atoms with Crippen LogP contribution in [0.15, 0.2) is 0 Å². The zero-order chi connectivity index (χ0) is 22.1. The van der Waals surface area contributed by atoms with Crippen LogP contribution in [-0.4, -0.2) is 35.7 Å². The minimum Gasteiger partial charge on any atom is -0.481 e. The summed E-state index contributed by atoms with van der Waals surface area (Å²) >= 11 is 0. The second kappa shape index (κ2) is 6.70. The normalized spacial score (nSPS) is 47.2. The van der Waals surface area contributed by atoms with Gasteiger partial charge in [-0.25, -0.2) is 0 Å². The Hall–Kier alpha value is -1.59. The van der Waals surface area contributed by atoms with E-state index in [1.807, 2.05) is 0 Å². The standard InChI is InChI=1S/C24H36O6/c1-14(25)30-18-9-10-22(4)16(21(18,2)3)8-11-23(5)17(22)7-6-15(20(27)28)24(23)12-19(26)29-13-24/h15-18H,6-13H2,1-5H3,(H,27,28). The Morgan fingerprint density at radius 3 is 2.30 bits per heavy atom. The van der Waals surface area contributed by atoms with E-state index >= 15 is 0 Å². The minimum absolute atomic E-state index is 0.0231. The van der Waals surface area contributed by atoms with Crippen LogP contribution in [0.2, 0.25) is 0 Å². The molecule has 1 N–H and O–H groups in total. The Bertz CT molecular complexity index is 774. The first kappa shape index (κ1) is 21.6. The van der Waals surface area contributed by atoms with Gasteiger partial charge in [0.05, 0.1) is 18.9 Å². The highest BCUT2D eigenvalue weighted by Gasteiger charge is 2.71. The maximum atomic E-state index is 12.2. The summed E-state index contributed by atoms with van der Waals surface area (Å²) in [5, 5.41) is 10.0. The summed E-state index contributed by atoms with van der Waals surface area (Å²) in [5.41, 5.74) is -0.992. The maximum absolute atomic E-state index is 12.2. The zero-order valence-corrected chi connectivity index (χ0v) is 19.0. The number of carbonyl (C=O) groups is 3. The van der Waals surface area contributed by atoms with E-state index in [9.17, 15) is 19.5 Å². The lowest BCUT2D eigenvalue weighted by Crippen LogP contribution is -2.66. The number of hydrogen-bond acceptors (Lipinski definition) is 5. The number of cyclic esters (lactones) is 1. The van der Waals surface area contributed by atoms with Crippen molar-refractivity contribution < 1.29 is 29.0 Å². The second-order valence-corrected chi connectivity index (χ2v) is 11.5. The molecule has 6 nitrogen and oxygen atoms in total. The number of carboxylic acid groups (broad SMARTS) is 1. The number of esters is 2. The van der Waals surface area contributed by atoms with Crippen LogP contribution in [0.25, 0.3) is 0 Å². The van der Waals surface area contributed by atoms with E-state index in [1.54, 1.807) is 0 Å². The lowest BCUT2D eigenvalue weighted by Gasteiger charge is -2.69. The molecule has 168 valence electrons. The molecule has 0 amide bonds. The smallest absolute Gasteiger partial charge is 0.307 e. The quantitative estimate of drug-likeness (QED) is 0.673. The molecule has 4 fully saturated rings. The van der Waals surface area contributed by atoms with Crippen molar-refractivity contribution in [2.24, 2.45) is 39.4 Å². The molecule has 1 aliphatic heterocycles. The van der Waals surface area contributed by atoms with Crippen molar-refractivity contribution in [3.05, 3.63) is 0 Å². The molecule has 3 saturated carbocycles. The van der Waals surface area contributed by atoms with Crippen LogP contribution in [0, 0.1) is 39.4 Å². The van der Waals surface area contributed by atoms with Gasteiger partial charge in [0.1, 0.15) is 6.10 Å². The van der Waals surface area contributed by atoms with Crippen LogP contribution in [-0.2, 0) is 23.9 Å². The SMILES string of the molecule is CC(=O)OC1CCC2(C)C(CCC3(C)C2CCC(C(=O)O)C32COC(=O)C2)C1(C)C. The predicted octanol–water partition coefficient (Wildman–Crippen LogP) is 4.20. The third-order valence-electron chi connectivity index (χ3n) is 10.1. The zero-order valence-electron chi connectivity index (χ0n) is 19.0. The molecule has 1 spiro atoms. The lowest BCUT2D eigenvalue weighted by atomic mass is 9.35. The van der Waals surface area contributed by atoms with Crippen molar-refractivity contribution in [3.8, 4) is 0 Å². The minimum atomic E-state index is -0.792. The molecule has 6 heteroatoms. The van der Waals surface area contributed by atoms with Gasteiger partial charge in [-0.05, 0) is 61.2 Å². The average molecular weight is 421 g/mol. The Morgan fingerprint density at radius 2 is 1.73 bits per heavy atom. The number of ether oxygens (including phenoxy) is 2. The number of rotatable bonds is 2. The molecule has 0 radical (unpaired) electrons. The van der Waals surface area contributed by atoms with Crippen LogP contribution in [0.4, 0.5) is 0 Å². The first-order chi connectivity index (χ1) is 13.9. The maximum Gasteiger partial charge on any atom is 0.307 e. The molecule has 3 aliphatic carbocycles. The summed E-state index contributed by atoms with van der Waals surface area (Å²) < 4.78 is 11.2. The van der Waals surface area contributed by atoms with Gasteiger partial charge in [0.2, 0.25) is 0 Å². The van der Waals surface area contributed by atoms with E-state index in [4.69, 9.17) is 9.47 Å². The summed E-state index contributed by atoms with van der Waals surface area (Å²) in [4.78, 5) is 36.2. The van der Waals surface area contributed by atoms with E-state index in [2.05, 4.69) is 27.7 Å². The van der Waals surface area contributed by atoms with E-state index < -0.39 is 17.3 Å². The fourth-order valence-electron chi connectivity index (χ4n) is 8.71. The molecule has 1 heterocycles. The average Bonchev–Trinajstić information content (AvgIpc) is 3.01. The van der Waals surface area contributed by atoms with Gasteiger partial charge in [-0.15, -0.1) is 0 Å². The molecular weight excluding hydrogens is 384 g/mol. The third kappa shape index (κ3) is 2.70. The first-order valence-electron chi connectivity index (χ1n) is 11.4. The topological polar surface area (TPSA) is 89.9 Å². The van der Waals surface area contributed by atoms with Crippen molar-refractivity contribution in [3.63, 3.8) is 0 Å². The molecular formula is C24H36O6. The highest BCUT2D eigenvalue weighted by atomic mass is 16.5. The summed E-state index contributed by atoms with van der Waals surface area (Å²) in [6.07, 6.45) is 5.23. The number of carbonyl (C=O) groups excluding carboxylic acids is 2. The van der Waals surface area contributed by atoms with E-state index in [1.165, 1.54) is 6.92 Å². The number of fused-ring (bicyclic) bond motifs is 4. The molecule has 1 saturated heterocycles. The van der Waals surface area contributed by atoms with Crippen molar-refractivity contribution >= 4 is 17.9 Å². The third-order valence-corrected chi connectivity index (χ3v) is 10.1. The van der Waals surface area contributed by atoms with Gasteiger partial charge in [0.15, 0.2) is 0 Å². The molecule has 0 bridgehead atoms. The highest BCUT2D eigenvalue weighted by molar-refractivity contribution is 5.78. The van der Waals surface area contributed by atoms with Crippen molar-refractivity contribution in [2.45, 2.75) is 85.7 Å². The van der Waals surface area contributed by atoms with E-state index in [0.29, 0.717) is 18.3 Å². The lowest BCUT2D eigenvalue weighted by molar-refractivity contribution is -0.233. The summed E-state index contributed by atoms with van der Waals surface area (Å²) in [6.45, 7) is 10.8. The second-order valence-electron chi connectivity index (χ2n) is 11.5. The predicted molar refractivity (Wildman–Crippen MR) is 109 cm³/mol. The molecule has 7 unspecified atom stereocenters. The molecule has 0 aromatic rings. The number of carboxylic acids is 1. The molecule has 0 aromatic carbocycles. The van der Waals surface area contributed by atoms with Gasteiger partial charge in [0, 0.05) is 17.8 Å². The van der Waals surface area contributed by atoms with E-state index in [0.717, 1.165) is 32.1 Å². The highest BCUT2D eigenvalue weighted by Crippen LogP contribution is 2.73.